The molecule has 0 amide bonds. The molecule has 3 rings (SSSR count). The van der Waals surface area contributed by atoms with Crippen LogP contribution in [0.15, 0.2) is 19.0 Å². The number of hydrogen-bond donors (Lipinski definition) is 3. The van der Waals surface area contributed by atoms with Crippen LogP contribution in [0, 0.1) is 0 Å². The van der Waals surface area contributed by atoms with Gasteiger partial charge in [0.15, 0.2) is 5.65 Å². The number of aromatic nitrogens is 3. The summed E-state index contributed by atoms with van der Waals surface area (Å²) in [5.41, 5.74) is 2.17. The van der Waals surface area contributed by atoms with Crippen LogP contribution in [0.1, 0.15) is 38.2 Å². The first-order chi connectivity index (χ1) is 10.6. The van der Waals surface area contributed by atoms with Crippen molar-refractivity contribution in [3.05, 3.63) is 24.5 Å². The molecule has 1 saturated carbocycles. The largest absolute Gasteiger partial charge is 0.508 e. The summed E-state index contributed by atoms with van der Waals surface area (Å²) in [6.07, 6.45) is 6.69. The molecule has 0 spiro atoms. The summed E-state index contributed by atoms with van der Waals surface area (Å²) in [5.74, 6) is -0.0162. The van der Waals surface area contributed by atoms with E-state index in [1.54, 1.807) is 12.4 Å². The second-order valence-electron chi connectivity index (χ2n) is 5.85. The first-order valence-electron chi connectivity index (χ1n) is 7.77. The average Bonchev–Trinajstić information content (AvgIpc) is 2.90. The highest BCUT2D eigenvalue weighted by Gasteiger charge is 2.23. The Morgan fingerprint density at radius 2 is 2.27 bits per heavy atom. The lowest BCUT2D eigenvalue weighted by atomic mass is 9.92. The summed E-state index contributed by atoms with van der Waals surface area (Å²) in [7, 11) is 0. The Morgan fingerprint density at radius 1 is 1.45 bits per heavy atom. The number of nitrogens with zero attached hydrogens (tertiary/aromatic N) is 3. The van der Waals surface area contributed by atoms with Crippen LogP contribution < -0.4 is 5.32 Å². The van der Waals surface area contributed by atoms with Gasteiger partial charge in [0.2, 0.25) is 0 Å². The molecule has 2 aromatic rings. The topological polar surface area (TPSA) is 83.2 Å². The van der Waals surface area contributed by atoms with Gasteiger partial charge in [-0.2, -0.15) is 5.10 Å². The second kappa shape index (κ2) is 5.96. The first-order valence-corrected chi connectivity index (χ1v) is 7.77. The molecule has 0 aromatic carbocycles. The molecule has 22 heavy (non-hydrogen) atoms. The van der Waals surface area contributed by atoms with Gasteiger partial charge in [-0.15, -0.1) is 0 Å². The molecule has 1 fully saturated rings. The minimum absolute atomic E-state index is 0.0162. The summed E-state index contributed by atoms with van der Waals surface area (Å²) >= 11 is 0. The van der Waals surface area contributed by atoms with Crippen LogP contribution in [-0.2, 0) is 6.54 Å². The Morgan fingerprint density at radius 3 is 2.95 bits per heavy atom. The van der Waals surface area contributed by atoms with Crippen molar-refractivity contribution in [1.82, 2.24) is 14.8 Å². The van der Waals surface area contributed by atoms with E-state index in [-0.39, 0.29) is 17.9 Å². The summed E-state index contributed by atoms with van der Waals surface area (Å²) in [6.45, 7) is 6.37. The lowest BCUT2D eigenvalue weighted by molar-refractivity contribution is 0.124. The smallest absolute Gasteiger partial charge is 0.159 e. The van der Waals surface area contributed by atoms with Crippen molar-refractivity contribution in [3.63, 3.8) is 0 Å². The molecule has 0 bridgehead atoms. The third kappa shape index (κ3) is 2.66. The molecule has 1 aliphatic rings. The molecule has 0 saturated heterocycles. The minimum Gasteiger partial charge on any atom is -0.508 e. The standard InChI is InChI=1S/C16H22N4O2/c1-3-20-16-14(9-18-20)15(13(8-17-16)10(2)21)19-11-5-4-6-12(22)7-11/h8-9,11-12,21-22H,2-7H2,1H3,(H,17,19). The van der Waals surface area contributed by atoms with E-state index < -0.39 is 0 Å². The van der Waals surface area contributed by atoms with Gasteiger partial charge < -0.3 is 15.5 Å². The molecule has 2 aromatic heterocycles. The Kier molecular flexibility index (Phi) is 4.02. The number of pyridine rings is 1. The predicted octanol–water partition coefficient (Wildman–Crippen LogP) is 2.70. The van der Waals surface area contributed by atoms with E-state index in [0.29, 0.717) is 12.0 Å². The summed E-state index contributed by atoms with van der Waals surface area (Å²) < 4.78 is 1.82. The number of nitrogens with one attached hydrogen (secondary N) is 1. The van der Waals surface area contributed by atoms with Gasteiger partial charge >= 0.3 is 0 Å². The number of anilines is 1. The highest BCUT2D eigenvalue weighted by atomic mass is 16.3. The maximum absolute atomic E-state index is 9.86. The van der Waals surface area contributed by atoms with Crippen molar-refractivity contribution >= 4 is 22.5 Å². The number of aryl methyl sites for hydroxylation is 1. The molecular formula is C16H22N4O2. The van der Waals surface area contributed by atoms with Crippen molar-refractivity contribution in [2.75, 3.05) is 5.32 Å². The second-order valence-corrected chi connectivity index (χ2v) is 5.85. The lowest BCUT2D eigenvalue weighted by Crippen LogP contribution is -2.30. The Balaban J connectivity index is 2.02. The summed E-state index contributed by atoms with van der Waals surface area (Å²) in [4.78, 5) is 4.39. The molecule has 2 unspecified atom stereocenters. The van der Waals surface area contributed by atoms with Crippen molar-refractivity contribution in [2.24, 2.45) is 0 Å². The molecule has 3 N–H and O–H groups in total. The number of fused-ring (bicyclic) bond motifs is 1. The summed E-state index contributed by atoms with van der Waals surface area (Å²) in [5, 5.41) is 28.4. The van der Waals surface area contributed by atoms with E-state index in [1.165, 1.54) is 0 Å². The molecule has 6 heteroatoms. The number of aliphatic hydroxyl groups excluding tert-OH is 2. The van der Waals surface area contributed by atoms with E-state index in [9.17, 15) is 10.2 Å². The SMILES string of the molecule is C=C(O)c1cnc2c(cnn2CC)c1NC1CCCC(O)C1. The maximum Gasteiger partial charge on any atom is 0.159 e. The molecule has 6 nitrogen and oxygen atoms in total. The van der Waals surface area contributed by atoms with Gasteiger partial charge in [0.05, 0.1) is 28.9 Å². The van der Waals surface area contributed by atoms with Crippen LogP contribution in [-0.4, -0.2) is 37.1 Å². The highest BCUT2D eigenvalue weighted by Crippen LogP contribution is 2.32. The fraction of sp³-hybridized carbons (Fsp3) is 0.500. The fourth-order valence-electron chi connectivity index (χ4n) is 3.13. The number of rotatable bonds is 4. The minimum atomic E-state index is -0.261. The zero-order valence-electron chi connectivity index (χ0n) is 12.8. The van der Waals surface area contributed by atoms with Gasteiger partial charge in [0.1, 0.15) is 5.76 Å². The normalized spacial score (nSPS) is 21.9. The quantitative estimate of drug-likeness (QED) is 0.756. The third-order valence-corrected chi connectivity index (χ3v) is 4.27. The zero-order valence-corrected chi connectivity index (χ0v) is 12.8. The molecule has 2 heterocycles. The van der Waals surface area contributed by atoms with Crippen LogP contribution in [0.3, 0.4) is 0 Å². The van der Waals surface area contributed by atoms with Gasteiger partial charge in [-0.1, -0.05) is 6.58 Å². The van der Waals surface area contributed by atoms with Gasteiger partial charge in [-0.05, 0) is 32.6 Å². The highest BCUT2D eigenvalue weighted by molar-refractivity contribution is 5.94. The number of aliphatic hydroxyl groups is 2. The zero-order chi connectivity index (χ0) is 15.7. The maximum atomic E-state index is 9.86. The Hall–Kier alpha value is -2.08. The van der Waals surface area contributed by atoms with Crippen LogP contribution in [0.25, 0.3) is 16.8 Å². The van der Waals surface area contributed by atoms with E-state index in [4.69, 9.17) is 0 Å². The van der Waals surface area contributed by atoms with Gasteiger partial charge in [-0.3, -0.25) is 0 Å². The number of hydrogen-bond acceptors (Lipinski definition) is 5. The van der Waals surface area contributed by atoms with Crippen molar-refractivity contribution in [2.45, 2.75) is 51.3 Å². The first kappa shape index (κ1) is 14.8. The van der Waals surface area contributed by atoms with Crippen LogP contribution in [0.4, 0.5) is 5.69 Å². The van der Waals surface area contributed by atoms with Crippen LogP contribution >= 0.6 is 0 Å². The van der Waals surface area contributed by atoms with Gasteiger partial charge in [0, 0.05) is 18.8 Å². The third-order valence-electron chi connectivity index (χ3n) is 4.27. The van der Waals surface area contributed by atoms with Gasteiger partial charge in [-0.25, -0.2) is 9.67 Å². The molecule has 0 aliphatic heterocycles. The monoisotopic (exact) mass is 302 g/mol. The lowest BCUT2D eigenvalue weighted by Gasteiger charge is -2.28. The van der Waals surface area contributed by atoms with Crippen molar-refractivity contribution in [3.8, 4) is 0 Å². The predicted molar refractivity (Wildman–Crippen MR) is 86.8 cm³/mol. The summed E-state index contributed by atoms with van der Waals surface area (Å²) in [6, 6.07) is 0.178. The molecule has 0 radical (unpaired) electrons. The Labute approximate surface area is 129 Å². The average molecular weight is 302 g/mol. The van der Waals surface area contributed by atoms with E-state index in [1.807, 2.05) is 11.6 Å². The van der Waals surface area contributed by atoms with E-state index >= 15 is 0 Å². The van der Waals surface area contributed by atoms with E-state index in [0.717, 1.165) is 42.5 Å². The van der Waals surface area contributed by atoms with E-state index in [2.05, 4.69) is 22.0 Å². The molecular weight excluding hydrogens is 280 g/mol. The van der Waals surface area contributed by atoms with Crippen LogP contribution in [0.2, 0.25) is 0 Å². The van der Waals surface area contributed by atoms with Gasteiger partial charge in [0.25, 0.3) is 0 Å². The molecule has 118 valence electrons. The molecule has 1 aliphatic carbocycles. The molecule has 2 atom stereocenters. The Bertz CT molecular complexity index is 695. The van der Waals surface area contributed by atoms with Crippen LogP contribution in [0.5, 0.6) is 0 Å². The van der Waals surface area contributed by atoms with Crippen molar-refractivity contribution in [1.29, 1.82) is 0 Å². The fourth-order valence-corrected chi connectivity index (χ4v) is 3.13. The van der Waals surface area contributed by atoms with Crippen molar-refractivity contribution < 1.29 is 10.2 Å².